The van der Waals surface area contributed by atoms with E-state index in [1.54, 1.807) is 26.0 Å². The lowest BCUT2D eigenvalue weighted by Crippen LogP contribution is -2.30. The summed E-state index contributed by atoms with van der Waals surface area (Å²) in [5.41, 5.74) is 1.11. The molecule has 152 valence electrons. The Balaban J connectivity index is 2.06. The summed E-state index contributed by atoms with van der Waals surface area (Å²) in [5.74, 6) is -0.927. The molecule has 0 aromatic heterocycles. The fourth-order valence-corrected chi connectivity index (χ4v) is 4.13. The maximum Gasteiger partial charge on any atom is 0.245 e. The molecular formula is C21H22FN3O3S. The van der Waals surface area contributed by atoms with Gasteiger partial charge in [0, 0.05) is 19.2 Å². The smallest absolute Gasteiger partial charge is 0.245 e. The predicted molar refractivity (Wildman–Crippen MR) is 108 cm³/mol. The van der Waals surface area contributed by atoms with Gasteiger partial charge in [0.25, 0.3) is 0 Å². The minimum atomic E-state index is -3.54. The number of nitrogens with one attached hydrogen (secondary N) is 1. The van der Waals surface area contributed by atoms with Gasteiger partial charge < -0.3 is 5.32 Å². The van der Waals surface area contributed by atoms with Crippen LogP contribution in [-0.2, 0) is 14.8 Å². The Kier molecular flexibility index (Phi) is 7.65. The van der Waals surface area contributed by atoms with Crippen LogP contribution in [-0.4, -0.2) is 31.7 Å². The summed E-state index contributed by atoms with van der Waals surface area (Å²) in [4.78, 5) is 12.3. The van der Waals surface area contributed by atoms with E-state index in [0.29, 0.717) is 24.2 Å². The minimum Gasteiger partial charge on any atom is -0.333 e. The van der Waals surface area contributed by atoms with E-state index in [2.05, 4.69) is 5.32 Å². The number of benzene rings is 2. The highest BCUT2D eigenvalue weighted by molar-refractivity contribution is 7.89. The summed E-state index contributed by atoms with van der Waals surface area (Å²) in [7, 11) is -3.54. The van der Waals surface area contributed by atoms with Crippen molar-refractivity contribution >= 4 is 22.0 Å². The van der Waals surface area contributed by atoms with Crippen LogP contribution in [0.1, 0.15) is 31.0 Å². The molecule has 0 aliphatic heterocycles. The maximum atomic E-state index is 13.0. The predicted octanol–water partition coefficient (Wildman–Crippen LogP) is 3.25. The molecule has 0 bridgehead atoms. The highest BCUT2D eigenvalue weighted by Crippen LogP contribution is 2.17. The van der Waals surface area contributed by atoms with Crippen LogP contribution in [0.3, 0.4) is 0 Å². The van der Waals surface area contributed by atoms with E-state index in [-0.39, 0.29) is 4.90 Å². The molecule has 1 amide bonds. The van der Waals surface area contributed by atoms with Gasteiger partial charge in [-0.05, 0) is 41.5 Å². The van der Waals surface area contributed by atoms with Gasteiger partial charge in [-0.2, -0.15) is 9.57 Å². The highest BCUT2D eigenvalue weighted by Gasteiger charge is 2.21. The third-order valence-corrected chi connectivity index (χ3v) is 6.33. The molecule has 0 fully saturated rings. The van der Waals surface area contributed by atoms with E-state index in [9.17, 15) is 22.9 Å². The number of halogens is 1. The second-order valence-corrected chi connectivity index (χ2v) is 8.05. The molecule has 0 radical (unpaired) electrons. The van der Waals surface area contributed by atoms with E-state index in [4.69, 9.17) is 0 Å². The van der Waals surface area contributed by atoms with Crippen molar-refractivity contribution in [2.75, 3.05) is 13.1 Å². The van der Waals surface area contributed by atoms with Gasteiger partial charge in [-0.1, -0.05) is 38.1 Å². The molecule has 1 N–H and O–H groups in total. The second-order valence-electron chi connectivity index (χ2n) is 6.11. The van der Waals surface area contributed by atoms with Crippen molar-refractivity contribution in [2.45, 2.75) is 24.8 Å². The Bertz CT molecular complexity index is 1010. The number of nitriles is 1. The number of sulfonamides is 1. The van der Waals surface area contributed by atoms with Crippen LogP contribution in [0.25, 0.3) is 6.08 Å². The molecular weight excluding hydrogens is 393 g/mol. The number of amides is 1. The summed E-state index contributed by atoms with van der Waals surface area (Å²) < 4.78 is 39.3. The number of carbonyl (C=O) groups is 1. The number of nitrogens with zero attached hydrogens (tertiary/aromatic N) is 2. The monoisotopic (exact) mass is 415 g/mol. The molecule has 8 heteroatoms. The summed E-state index contributed by atoms with van der Waals surface area (Å²) >= 11 is 0. The lowest BCUT2D eigenvalue weighted by Gasteiger charge is -2.18. The van der Waals surface area contributed by atoms with Crippen LogP contribution in [0.5, 0.6) is 0 Å². The van der Waals surface area contributed by atoms with Gasteiger partial charge in [0.15, 0.2) is 0 Å². The van der Waals surface area contributed by atoms with Crippen molar-refractivity contribution < 1.29 is 17.6 Å². The Hall–Kier alpha value is -3.02. The number of rotatable bonds is 8. The Morgan fingerprint density at radius 1 is 1.14 bits per heavy atom. The van der Waals surface area contributed by atoms with Crippen LogP contribution in [0.15, 0.2) is 59.5 Å². The lowest BCUT2D eigenvalue weighted by atomic mass is 10.1. The summed E-state index contributed by atoms with van der Waals surface area (Å²) in [6, 6.07) is 12.5. The molecule has 1 atom stereocenters. The Morgan fingerprint density at radius 3 is 2.24 bits per heavy atom. The molecule has 6 nitrogen and oxygen atoms in total. The highest BCUT2D eigenvalue weighted by atomic mass is 32.2. The van der Waals surface area contributed by atoms with E-state index in [0.717, 1.165) is 0 Å². The summed E-state index contributed by atoms with van der Waals surface area (Å²) in [5, 5.41) is 11.8. The average molecular weight is 415 g/mol. The third-order valence-electron chi connectivity index (χ3n) is 4.27. The fourth-order valence-electron chi connectivity index (χ4n) is 2.67. The van der Waals surface area contributed by atoms with Crippen LogP contribution in [0.2, 0.25) is 0 Å². The molecule has 2 aromatic carbocycles. The zero-order valence-electron chi connectivity index (χ0n) is 16.2. The van der Waals surface area contributed by atoms with Crippen molar-refractivity contribution in [3.05, 3.63) is 71.6 Å². The van der Waals surface area contributed by atoms with E-state index >= 15 is 0 Å². The minimum absolute atomic E-state index is 0.184. The first-order valence-electron chi connectivity index (χ1n) is 9.05. The summed E-state index contributed by atoms with van der Waals surface area (Å²) in [6.07, 6.45) is 2.77. The normalized spacial score (nSPS) is 12.7. The average Bonchev–Trinajstić information content (AvgIpc) is 2.72. The molecule has 2 rings (SSSR count). The number of hydrogen-bond acceptors (Lipinski definition) is 4. The maximum absolute atomic E-state index is 13.0. The number of carbonyl (C=O) groups excluding carboxylic acids is 1. The zero-order valence-corrected chi connectivity index (χ0v) is 17.0. The quantitative estimate of drug-likeness (QED) is 0.670. The van der Waals surface area contributed by atoms with Crippen molar-refractivity contribution in [3.63, 3.8) is 0 Å². The molecule has 2 aromatic rings. The molecule has 29 heavy (non-hydrogen) atoms. The zero-order chi connectivity index (χ0) is 21.4. The van der Waals surface area contributed by atoms with Gasteiger partial charge in [0.05, 0.1) is 11.0 Å². The van der Waals surface area contributed by atoms with Crippen molar-refractivity contribution in [3.8, 4) is 6.07 Å². The van der Waals surface area contributed by atoms with Gasteiger partial charge in [0.1, 0.15) is 11.9 Å². The number of hydrogen-bond donors (Lipinski definition) is 1. The Labute approximate surface area is 170 Å². The van der Waals surface area contributed by atoms with Gasteiger partial charge >= 0.3 is 0 Å². The second kappa shape index (κ2) is 9.96. The van der Waals surface area contributed by atoms with Crippen molar-refractivity contribution in [2.24, 2.45) is 0 Å². The first-order chi connectivity index (χ1) is 13.8. The van der Waals surface area contributed by atoms with Crippen LogP contribution >= 0.6 is 0 Å². The molecule has 0 saturated carbocycles. The molecule has 0 spiro atoms. The molecule has 0 aliphatic carbocycles. The van der Waals surface area contributed by atoms with Crippen LogP contribution in [0.4, 0.5) is 4.39 Å². The molecule has 0 unspecified atom stereocenters. The largest absolute Gasteiger partial charge is 0.333 e. The fraction of sp³-hybridized carbons (Fsp3) is 0.238. The lowest BCUT2D eigenvalue weighted by molar-refractivity contribution is -0.116. The summed E-state index contributed by atoms with van der Waals surface area (Å²) in [6.45, 7) is 4.32. The SMILES string of the molecule is CCN(CC)S(=O)(=O)c1ccc(/C=C/C(=O)N[C@H](C#N)c2ccc(F)cc2)cc1. The van der Waals surface area contributed by atoms with Crippen molar-refractivity contribution in [1.29, 1.82) is 5.26 Å². The van der Waals surface area contributed by atoms with Gasteiger partial charge in [-0.3, -0.25) is 4.79 Å². The topological polar surface area (TPSA) is 90.3 Å². The first-order valence-corrected chi connectivity index (χ1v) is 10.5. The van der Waals surface area contributed by atoms with Crippen molar-refractivity contribution in [1.82, 2.24) is 9.62 Å². The Morgan fingerprint density at radius 2 is 1.72 bits per heavy atom. The van der Waals surface area contributed by atoms with E-state index in [1.807, 2.05) is 6.07 Å². The van der Waals surface area contributed by atoms with E-state index < -0.39 is 27.8 Å². The molecule has 0 saturated heterocycles. The molecule has 0 aliphatic rings. The van der Waals surface area contributed by atoms with Gasteiger partial charge in [0.2, 0.25) is 15.9 Å². The standard InChI is InChI=1S/C21H22FN3O3S/c1-3-25(4-2)29(27,28)19-12-5-16(6-13-19)7-14-21(26)24-20(15-23)17-8-10-18(22)11-9-17/h5-14,20H,3-4H2,1-2H3,(H,24,26)/b14-7+/t20-/m1/s1. The first kappa shape index (κ1) is 22.3. The molecule has 0 heterocycles. The van der Waals surface area contributed by atoms with Gasteiger partial charge in [-0.25, -0.2) is 12.8 Å². The third kappa shape index (κ3) is 5.73. The van der Waals surface area contributed by atoms with Crippen LogP contribution < -0.4 is 5.32 Å². The van der Waals surface area contributed by atoms with Crippen LogP contribution in [0, 0.1) is 17.1 Å². The van der Waals surface area contributed by atoms with E-state index in [1.165, 1.54) is 52.9 Å². The van der Waals surface area contributed by atoms with Gasteiger partial charge in [-0.15, -0.1) is 0 Å².